The summed E-state index contributed by atoms with van der Waals surface area (Å²) < 4.78 is 4.38. The maximum Gasteiger partial charge on any atom is 0.332 e. The molecule has 0 heterocycles. The van der Waals surface area contributed by atoms with Crippen LogP contribution in [0.2, 0.25) is 0 Å². The molecule has 0 fully saturated rings. The SMILES string of the molecule is Nc1ccccc1C(CCCCCCCCl)C(=O)OCl. The molecule has 1 rings (SSSR count). The fourth-order valence-electron chi connectivity index (χ4n) is 2.26. The molecular formula is C15H21Cl2NO2. The first-order valence-corrected chi connectivity index (χ1v) is 7.77. The third kappa shape index (κ3) is 5.59. The lowest BCUT2D eigenvalue weighted by Gasteiger charge is -2.15. The summed E-state index contributed by atoms with van der Waals surface area (Å²) in [6.45, 7) is 0. The molecule has 1 aromatic rings. The average Bonchev–Trinajstić information content (AvgIpc) is 2.47. The zero-order chi connectivity index (χ0) is 14.8. The Labute approximate surface area is 130 Å². The Morgan fingerprint density at radius 2 is 1.80 bits per heavy atom. The topological polar surface area (TPSA) is 52.3 Å². The minimum Gasteiger partial charge on any atom is -0.398 e. The van der Waals surface area contributed by atoms with Crippen molar-refractivity contribution in [1.29, 1.82) is 0 Å². The molecule has 1 aromatic carbocycles. The van der Waals surface area contributed by atoms with E-state index in [1.165, 1.54) is 0 Å². The lowest BCUT2D eigenvalue weighted by molar-refractivity contribution is -0.135. The van der Waals surface area contributed by atoms with Gasteiger partial charge in [0.1, 0.15) is 11.9 Å². The number of nitrogen functional groups attached to an aromatic ring is 1. The molecule has 3 nitrogen and oxygen atoms in total. The molecule has 0 saturated heterocycles. The van der Waals surface area contributed by atoms with Crippen LogP contribution in [0.4, 0.5) is 5.69 Å². The Morgan fingerprint density at radius 3 is 2.45 bits per heavy atom. The van der Waals surface area contributed by atoms with Crippen molar-refractivity contribution in [2.24, 2.45) is 0 Å². The number of para-hydroxylation sites is 1. The number of nitrogens with two attached hydrogens (primary N) is 1. The number of carbonyl (C=O) groups excluding carboxylic acids is 1. The van der Waals surface area contributed by atoms with E-state index in [-0.39, 0.29) is 5.92 Å². The number of rotatable bonds is 9. The van der Waals surface area contributed by atoms with Crippen molar-refractivity contribution in [1.82, 2.24) is 0 Å². The van der Waals surface area contributed by atoms with Crippen LogP contribution in [-0.2, 0) is 9.08 Å². The summed E-state index contributed by atoms with van der Waals surface area (Å²) >= 11 is 10.9. The fraction of sp³-hybridized carbons (Fsp3) is 0.533. The second-order valence-electron chi connectivity index (χ2n) is 4.82. The molecule has 0 bridgehead atoms. The normalized spacial score (nSPS) is 12.1. The van der Waals surface area contributed by atoms with Crippen molar-refractivity contribution in [3.05, 3.63) is 29.8 Å². The van der Waals surface area contributed by atoms with Gasteiger partial charge in [-0.25, -0.2) is 4.79 Å². The Balaban J connectivity index is 2.54. The second-order valence-corrected chi connectivity index (χ2v) is 5.36. The number of unbranched alkanes of at least 4 members (excludes halogenated alkanes) is 4. The molecule has 2 N–H and O–H groups in total. The van der Waals surface area contributed by atoms with E-state index in [2.05, 4.69) is 4.29 Å². The van der Waals surface area contributed by atoms with Crippen molar-refractivity contribution < 1.29 is 9.08 Å². The Morgan fingerprint density at radius 1 is 1.15 bits per heavy atom. The van der Waals surface area contributed by atoms with E-state index < -0.39 is 5.97 Å². The zero-order valence-corrected chi connectivity index (χ0v) is 13.0. The van der Waals surface area contributed by atoms with Crippen molar-refractivity contribution >= 4 is 35.1 Å². The molecule has 112 valence electrons. The van der Waals surface area contributed by atoms with Gasteiger partial charge in [-0.15, -0.1) is 11.6 Å². The van der Waals surface area contributed by atoms with Gasteiger partial charge in [-0.3, -0.25) is 0 Å². The van der Waals surface area contributed by atoms with Gasteiger partial charge < -0.3 is 10.0 Å². The number of halogens is 2. The molecule has 0 amide bonds. The number of hydrogen-bond donors (Lipinski definition) is 1. The van der Waals surface area contributed by atoms with Crippen molar-refractivity contribution in [2.75, 3.05) is 11.6 Å². The van der Waals surface area contributed by atoms with Crippen LogP contribution in [0.15, 0.2) is 24.3 Å². The summed E-state index contributed by atoms with van der Waals surface area (Å²) in [6.07, 6.45) is 5.99. The quantitative estimate of drug-likeness (QED) is 0.410. The second kappa shape index (κ2) is 9.89. The monoisotopic (exact) mass is 317 g/mol. The molecule has 1 unspecified atom stereocenters. The van der Waals surface area contributed by atoms with Crippen LogP contribution in [0, 0.1) is 0 Å². The molecule has 20 heavy (non-hydrogen) atoms. The summed E-state index contributed by atoms with van der Waals surface area (Å²) in [5.41, 5.74) is 7.31. The first-order valence-electron chi connectivity index (χ1n) is 6.93. The van der Waals surface area contributed by atoms with E-state index in [1.807, 2.05) is 18.2 Å². The molecule has 0 aliphatic rings. The third-order valence-electron chi connectivity index (χ3n) is 3.36. The predicted octanol–water partition coefficient (Wildman–Crippen LogP) is 4.63. The maximum absolute atomic E-state index is 11.8. The summed E-state index contributed by atoms with van der Waals surface area (Å²) in [5, 5.41) is 0. The molecule has 0 aliphatic heterocycles. The molecule has 0 spiro atoms. The first kappa shape index (κ1) is 17.1. The summed E-state index contributed by atoms with van der Waals surface area (Å²) in [4.78, 5) is 11.8. The predicted molar refractivity (Wildman–Crippen MR) is 84.0 cm³/mol. The van der Waals surface area contributed by atoms with E-state index in [0.717, 1.165) is 37.7 Å². The highest BCUT2D eigenvalue weighted by Gasteiger charge is 2.23. The van der Waals surface area contributed by atoms with Gasteiger partial charge >= 0.3 is 5.97 Å². The lowest BCUT2D eigenvalue weighted by atomic mass is 9.92. The number of anilines is 1. The summed E-state index contributed by atoms with van der Waals surface area (Å²) in [7, 11) is 0. The summed E-state index contributed by atoms with van der Waals surface area (Å²) in [5.74, 6) is -0.117. The van der Waals surface area contributed by atoms with Crippen LogP contribution < -0.4 is 5.73 Å². The van der Waals surface area contributed by atoms with E-state index in [9.17, 15) is 4.79 Å². The van der Waals surface area contributed by atoms with Crippen LogP contribution in [0.5, 0.6) is 0 Å². The van der Waals surface area contributed by atoms with Gasteiger partial charge in [-0.1, -0.05) is 43.9 Å². The van der Waals surface area contributed by atoms with Gasteiger partial charge in [0.05, 0.1) is 5.92 Å². The summed E-state index contributed by atoms with van der Waals surface area (Å²) in [6, 6.07) is 7.33. The lowest BCUT2D eigenvalue weighted by Crippen LogP contribution is -2.14. The van der Waals surface area contributed by atoms with E-state index >= 15 is 0 Å². The van der Waals surface area contributed by atoms with Gasteiger partial charge in [0.2, 0.25) is 0 Å². The maximum atomic E-state index is 11.8. The molecule has 0 aromatic heterocycles. The number of carbonyl (C=O) groups is 1. The fourth-order valence-corrected chi connectivity index (χ4v) is 2.55. The Hall–Kier alpha value is -0.930. The van der Waals surface area contributed by atoms with Crippen LogP contribution in [-0.4, -0.2) is 11.8 Å². The zero-order valence-electron chi connectivity index (χ0n) is 11.5. The minimum absolute atomic E-state index is 0.387. The van der Waals surface area contributed by atoms with Gasteiger partial charge in [0, 0.05) is 11.6 Å². The van der Waals surface area contributed by atoms with Crippen molar-refractivity contribution in [3.63, 3.8) is 0 Å². The number of hydrogen-bond acceptors (Lipinski definition) is 3. The van der Waals surface area contributed by atoms with Gasteiger partial charge in [-0.05, 0) is 24.5 Å². The van der Waals surface area contributed by atoms with Crippen LogP contribution in [0.3, 0.4) is 0 Å². The molecule has 0 aliphatic carbocycles. The van der Waals surface area contributed by atoms with Crippen molar-refractivity contribution in [3.8, 4) is 0 Å². The minimum atomic E-state index is -0.440. The standard InChI is InChI=1S/C15H21Cl2NO2/c16-11-7-3-1-2-4-9-13(15(19)20-17)12-8-5-6-10-14(12)18/h5-6,8,10,13H,1-4,7,9,11,18H2. The number of alkyl halides is 1. The highest BCUT2D eigenvalue weighted by molar-refractivity contribution is 6.17. The molecule has 0 radical (unpaired) electrons. The van der Waals surface area contributed by atoms with E-state index in [0.29, 0.717) is 18.0 Å². The van der Waals surface area contributed by atoms with Crippen molar-refractivity contribution in [2.45, 2.75) is 44.4 Å². The van der Waals surface area contributed by atoms with Crippen LogP contribution in [0.25, 0.3) is 0 Å². The first-order chi connectivity index (χ1) is 9.70. The Bertz CT molecular complexity index is 413. The van der Waals surface area contributed by atoms with Crippen LogP contribution in [0.1, 0.15) is 50.0 Å². The van der Waals surface area contributed by atoms with E-state index in [1.54, 1.807) is 6.07 Å². The molecule has 0 saturated carbocycles. The van der Waals surface area contributed by atoms with Gasteiger partial charge in [-0.2, -0.15) is 0 Å². The van der Waals surface area contributed by atoms with E-state index in [4.69, 9.17) is 29.2 Å². The Kier molecular flexibility index (Phi) is 8.47. The smallest absolute Gasteiger partial charge is 0.332 e. The molecular weight excluding hydrogens is 297 g/mol. The van der Waals surface area contributed by atoms with Gasteiger partial charge in [0.25, 0.3) is 0 Å². The molecule has 1 atom stereocenters. The van der Waals surface area contributed by atoms with Gasteiger partial charge in [0.15, 0.2) is 0 Å². The highest BCUT2D eigenvalue weighted by Crippen LogP contribution is 2.29. The molecule has 5 heteroatoms. The third-order valence-corrected chi connectivity index (χ3v) is 3.78. The number of benzene rings is 1. The largest absolute Gasteiger partial charge is 0.398 e. The highest BCUT2D eigenvalue weighted by atomic mass is 35.5. The van der Waals surface area contributed by atoms with Crippen LogP contribution >= 0.6 is 23.5 Å². The average molecular weight is 318 g/mol.